The number of aryl methyl sites for hydroxylation is 1. The van der Waals surface area contributed by atoms with Gasteiger partial charge in [-0.3, -0.25) is 4.79 Å². The summed E-state index contributed by atoms with van der Waals surface area (Å²) in [4.78, 5) is 18.6. The van der Waals surface area contributed by atoms with Crippen LogP contribution in [0.2, 0.25) is 5.02 Å². The lowest BCUT2D eigenvalue weighted by Gasteiger charge is -2.32. The van der Waals surface area contributed by atoms with Crippen molar-refractivity contribution in [3.8, 4) is 0 Å². The number of aromatic amines is 1. The minimum atomic E-state index is 0.0629. The third kappa shape index (κ3) is 5.32. The minimum absolute atomic E-state index is 0.0629. The van der Waals surface area contributed by atoms with Crippen molar-refractivity contribution in [1.82, 2.24) is 9.88 Å². The number of H-pyrrole nitrogens is 1. The molecular weight excluding hydrogens is 446 g/mol. The van der Waals surface area contributed by atoms with E-state index in [1.54, 1.807) is 0 Å². The highest BCUT2D eigenvalue weighted by molar-refractivity contribution is 6.31. The minimum Gasteiger partial charge on any atom is -0.381 e. The SMILES string of the molecule is Cc1ccc(NC(=O)C2CCOCC2)cc1CCN1CCC(c2c[nH]c3ccc(Cl)cc23)CC1. The Balaban J connectivity index is 1.15. The molecule has 2 N–H and O–H groups in total. The molecule has 2 aromatic carbocycles. The zero-order chi connectivity index (χ0) is 23.5. The van der Waals surface area contributed by atoms with Gasteiger partial charge in [-0.2, -0.15) is 0 Å². The highest BCUT2D eigenvalue weighted by Gasteiger charge is 2.24. The summed E-state index contributed by atoms with van der Waals surface area (Å²) in [6.45, 7) is 6.79. The smallest absolute Gasteiger partial charge is 0.227 e. The number of carbonyl (C=O) groups is 1. The van der Waals surface area contributed by atoms with Gasteiger partial charge in [-0.05, 0) is 105 Å². The van der Waals surface area contributed by atoms with Crippen LogP contribution in [0.3, 0.4) is 0 Å². The van der Waals surface area contributed by atoms with Crippen molar-refractivity contribution in [2.45, 2.75) is 44.9 Å². The molecule has 2 fully saturated rings. The Bertz CT molecular complexity index is 1140. The fraction of sp³-hybridized carbons (Fsp3) is 0.464. The molecule has 1 amide bonds. The van der Waals surface area contributed by atoms with Gasteiger partial charge in [0, 0.05) is 53.5 Å². The number of anilines is 1. The van der Waals surface area contributed by atoms with E-state index in [2.05, 4.69) is 52.6 Å². The van der Waals surface area contributed by atoms with Crippen LogP contribution in [0.1, 0.15) is 48.3 Å². The summed E-state index contributed by atoms with van der Waals surface area (Å²) >= 11 is 6.25. The van der Waals surface area contributed by atoms with Crippen LogP contribution in [0, 0.1) is 12.8 Å². The molecule has 0 aliphatic carbocycles. The third-order valence-corrected chi connectivity index (χ3v) is 7.84. The molecule has 3 heterocycles. The second-order valence-corrected chi connectivity index (χ2v) is 10.3. The molecule has 0 atom stereocenters. The molecule has 1 aromatic heterocycles. The van der Waals surface area contributed by atoms with Gasteiger partial charge in [-0.1, -0.05) is 17.7 Å². The van der Waals surface area contributed by atoms with Crippen LogP contribution < -0.4 is 5.32 Å². The predicted molar refractivity (Wildman–Crippen MR) is 139 cm³/mol. The average molecular weight is 480 g/mol. The second kappa shape index (κ2) is 10.5. The number of benzene rings is 2. The summed E-state index contributed by atoms with van der Waals surface area (Å²) in [5, 5.41) is 5.20. The van der Waals surface area contributed by atoms with E-state index in [-0.39, 0.29) is 11.8 Å². The molecule has 3 aromatic rings. The van der Waals surface area contributed by atoms with Gasteiger partial charge in [-0.25, -0.2) is 0 Å². The maximum atomic E-state index is 12.6. The molecule has 2 aliphatic heterocycles. The van der Waals surface area contributed by atoms with Gasteiger partial charge >= 0.3 is 0 Å². The first kappa shape index (κ1) is 23.4. The Morgan fingerprint density at radius 3 is 2.71 bits per heavy atom. The molecule has 0 unspecified atom stereocenters. The maximum absolute atomic E-state index is 12.6. The molecule has 0 radical (unpaired) electrons. The molecule has 180 valence electrons. The van der Waals surface area contributed by atoms with Gasteiger partial charge < -0.3 is 19.9 Å². The van der Waals surface area contributed by atoms with E-state index < -0.39 is 0 Å². The molecular formula is C28H34ClN3O2. The fourth-order valence-electron chi connectivity index (χ4n) is 5.42. The molecule has 34 heavy (non-hydrogen) atoms. The number of fused-ring (bicyclic) bond motifs is 1. The number of nitrogens with one attached hydrogen (secondary N) is 2. The van der Waals surface area contributed by atoms with E-state index in [1.807, 2.05) is 12.1 Å². The third-order valence-electron chi connectivity index (χ3n) is 7.61. The standard InChI is InChI=1S/C28H34ClN3O2/c1-19-2-4-24(31-28(33)21-9-14-34-15-10-21)16-22(19)8-13-32-11-6-20(7-12-32)26-18-30-27-5-3-23(29)17-25(26)27/h2-5,16-18,20-21,30H,6-15H2,1H3,(H,31,33). The molecule has 5 nitrogen and oxygen atoms in total. The predicted octanol–water partition coefficient (Wildman–Crippen LogP) is 5.92. The largest absolute Gasteiger partial charge is 0.381 e. The van der Waals surface area contributed by atoms with Crippen LogP contribution in [0.4, 0.5) is 5.69 Å². The molecule has 2 aliphatic rings. The second-order valence-electron chi connectivity index (χ2n) is 9.82. The molecule has 0 bridgehead atoms. The van der Waals surface area contributed by atoms with E-state index in [9.17, 15) is 4.79 Å². The van der Waals surface area contributed by atoms with Crippen molar-refractivity contribution < 1.29 is 9.53 Å². The topological polar surface area (TPSA) is 57.4 Å². The number of carbonyl (C=O) groups excluding carboxylic acids is 1. The van der Waals surface area contributed by atoms with Crippen molar-refractivity contribution in [2.24, 2.45) is 5.92 Å². The van der Waals surface area contributed by atoms with Gasteiger partial charge in [-0.15, -0.1) is 0 Å². The fourth-order valence-corrected chi connectivity index (χ4v) is 5.59. The van der Waals surface area contributed by atoms with Crippen LogP contribution >= 0.6 is 11.6 Å². The van der Waals surface area contributed by atoms with Crippen LogP contribution in [0.5, 0.6) is 0 Å². The van der Waals surface area contributed by atoms with Gasteiger partial charge in [0.15, 0.2) is 0 Å². The van der Waals surface area contributed by atoms with Crippen LogP contribution in [-0.2, 0) is 16.0 Å². The van der Waals surface area contributed by atoms with Crippen LogP contribution in [0.15, 0.2) is 42.6 Å². The summed E-state index contributed by atoms with van der Waals surface area (Å²) < 4.78 is 5.38. The van der Waals surface area contributed by atoms with Gasteiger partial charge in [0.2, 0.25) is 5.91 Å². The molecule has 0 spiro atoms. The van der Waals surface area contributed by atoms with Crippen molar-refractivity contribution in [2.75, 3.05) is 38.2 Å². The van der Waals surface area contributed by atoms with E-state index in [1.165, 1.54) is 40.4 Å². The average Bonchev–Trinajstić information content (AvgIpc) is 3.28. The van der Waals surface area contributed by atoms with E-state index in [0.717, 1.165) is 49.6 Å². The van der Waals surface area contributed by atoms with E-state index in [4.69, 9.17) is 16.3 Å². The summed E-state index contributed by atoms with van der Waals surface area (Å²) in [5.41, 5.74) is 6.09. The Kier molecular flexibility index (Phi) is 7.23. The van der Waals surface area contributed by atoms with Crippen molar-refractivity contribution in [3.63, 3.8) is 0 Å². The number of hydrogen-bond donors (Lipinski definition) is 2. The summed E-state index contributed by atoms with van der Waals surface area (Å²) in [6, 6.07) is 12.4. The van der Waals surface area contributed by atoms with E-state index in [0.29, 0.717) is 19.1 Å². The lowest BCUT2D eigenvalue weighted by molar-refractivity contribution is -0.122. The van der Waals surface area contributed by atoms with E-state index >= 15 is 0 Å². The number of amides is 1. The Labute approximate surface area is 206 Å². The zero-order valence-corrected chi connectivity index (χ0v) is 20.7. The van der Waals surface area contributed by atoms with Crippen LogP contribution in [-0.4, -0.2) is 48.6 Å². The number of rotatable bonds is 6. The van der Waals surface area contributed by atoms with Crippen molar-refractivity contribution >= 4 is 34.1 Å². The Morgan fingerprint density at radius 1 is 1.12 bits per heavy atom. The zero-order valence-electron chi connectivity index (χ0n) is 19.9. The summed E-state index contributed by atoms with van der Waals surface area (Å²) in [5.74, 6) is 0.764. The number of halogens is 1. The number of likely N-dealkylation sites (tertiary alicyclic amines) is 1. The quantitative estimate of drug-likeness (QED) is 0.461. The van der Waals surface area contributed by atoms with Gasteiger partial charge in [0.25, 0.3) is 0 Å². The van der Waals surface area contributed by atoms with Crippen LogP contribution in [0.25, 0.3) is 10.9 Å². The number of aromatic nitrogens is 1. The first-order valence-electron chi connectivity index (χ1n) is 12.5. The van der Waals surface area contributed by atoms with Gasteiger partial charge in [0.05, 0.1) is 0 Å². The van der Waals surface area contributed by atoms with Crippen molar-refractivity contribution in [3.05, 3.63) is 64.3 Å². The lowest BCUT2D eigenvalue weighted by Crippen LogP contribution is -2.34. The number of piperidine rings is 1. The molecule has 2 saturated heterocycles. The highest BCUT2D eigenvalue weighted by atomic mass is 35.5. The lowest BCUT2D eigenvalue weighted by atomic mass is 9.89. The maximum Gasteiger partial charge on any atom is 0.227 e. The normalized spacial score (nSPS) is 18.4. The Morgan fingerprint density at radius 2 is 1.91 bits per heavy atom. The van der Waals surface area contributed by atoms with Gasteiger partial charge in [0.1, 0.15) is 0 Å². The molecule has 0 saturated carbocycles. The van der Waals surface area contributed by atoms with Crippen molar-refractivity contribution in [1.29, 1.82) is 0 Å². The highest BCUT2D eigenvalue weighted by Crippen LogP contribution is 2.34. The molecule has 5 rings (SSSR count). The Hall–Kier alpha value is -2.34. The monoisotopic (exact) mass is 479 g/mol. The summed E-state index contributed by atoms with van der Waals surface area (Å²) in [7, 11) is 0. The number of hydrogen-bond acceptors (Lipinski definition) is 3. The molecule has 6 heteroatoms. The number of nitrogens with zero attached hydrogens (tertiary/aromatic N) is 1. The first-order chi connectivity index (χ1) is 16.6. The first-order valence-corrected chi connectivity index (χ1v) is 12.9. The summed E-state index contributed by atoms with van der Waals surface area (Å²) in [6.07, 6.45) is 7.13. The number of ether oxygens (including phenoxy) is 1.